The summed E-state index contributed by atoms with van der Waals surface area (Å²) in [5.74, 6) is -2.31. The van der Waals surface area contributed by atoms with Crippen LogP contribution in [-0.2, 0) is 24.0 Å². The summed E-state index contributed by atoms with van der Waals surface area (Å²) in [5.41, 5.74) is 0. The first-order valence-electron chi connectivity index (χ1n) is 17.5. The quantitative estimate of drug-likeness (QED) is 0.0268. The van der Waals surface area contributed by atoms with Crippen LogP contribution in [0.4, 0.5) is 0 Å². The topological polar surface area (TPSA) is 162 Å². The van der Waals surface area contributed by atoms with Crippen molar-refractivity contribution in [2.24, 2.45) is 0 Å². The maximum atomic E-state index is 12.3. The van der Waals surface area contributed by atoms with Gasteiger partial charge in [0.1, 0.15) is 6.04 Å². The number of hydrogen-bond acceptors (Lipinski definition) is 11. The van der Waals surface area contributed by atoms with Crippen LogP contribution in [-0.4, -0.2) is 66.3 Å². The van der Waals surface area contributed by atoms with E-state index in [1.54, 1.807) is 0 Å². The first-order chi connectivity index (χ1) is 23.2. The van der Waals surface area contributed by atoms with E-state index in [-0.39, 0.29) is 37.0 Å². The molecule has 2 saturated heterocycles. The lowest BCUT2D eigenvalue weighted by molar-refractivity contribution is -0.142. The van der Waals surface area contributed by atoms with Gasteiger partial charge in [0.05, 0.1) is 4.58 Å². The Morgan fingerprint density at radius 2 is 1.02 bits per heavy atom. The Bertz CT molecular complexity index is 966. The third-order valence-corrected chi connectivity index (χ3v) is 21.8. The molecule has 0 aromatic carbocycles. The third kappa shape index (κ3) is 23.0. The average Bonchev–Trinajstić information content (AvgIpc) is 3.82. The molecule has 2 aliphatic rings. The summed E-state index contributed by atoms with van der Waals surface area (Å²) in [6, 6.07) is -0.930. The van der Waals surface area contributed by atoms with Crippen LogP contribution in [0.3, 0.4) is 0 Å². The summed E-state index contributed by atoms with van der Waals surface area (Å²) in [6.07, 6.45) is 18.2. The second-order valence-corrected chi connectivity index (χ2v) is 21.9. The second kappa shape index (κ2) is 27.1. The van der Waals surface area contributed by atoms with Crippen molar-refractivity contribution >= 4 is 94.4 Å². The van der Waals surface area contributed by atoms with E-state index < -0.39 is 18.0 Å². The van der Waals surface area contributed by atoms with Gasteiger partial charge in [-0.25, -0.2) is 4.79 Å². The number of rotatable bonds is 30. The van der Waals surface area contributed by atoms with Crippen LogP contribution in [0.2, 0.25) is 0 Å². The Kier molecular flexibility index (Phi) is 24.7. The molecule has 1 unspecified atom stereocenters. The number of aliphatic carboxylic acids is 2. The molecule has 0 aromatic rings. The van der Waals surface area contributed by atoms with Gasteiger partial charge in [-0.3, -0.25) is 19.2 Å². The molecule has 10 nitrogen and oxygen atoms in total. The molecule has 276 valence electrons. The average molecular weight is 786 g/mol. The lowest BCUT2D eigenvalue weighted by atomic mass is 10.0. The predicted molar refractivity (Wildman–Crippen MR) is 207 cm³/mol. The summed E-state index contributed by atoms with van der Waals surface area (Å²) >= 11 is 0. The van der Waals surface area contributed by atoms with E-state index in [9.17, 15) is 29.1 Å². The molecule has 2 heterocycles. The van der Waals surface area contributed by atoms with Crippen LogP contribution >= 0.6 is 64.8 Å². The number of amides is 3. The predicted octanol–water partition coefficient (Wildman–Crippen LogP) is 8.56. The van der Waals surface area contributed by atoms with E-state index >= 15 is 0 Å². The highest BCUT2D eigenvalue weighted by atomic mass is 33.2. The maximum Gasteiger partial charge on any atom is 0.326 e. The van der Waals surface area contributed by atoms with Crippen LogP contribution < -0.4 is 16.0 Å². The van der Waals surface area contributed by atoms with Crippen LogP contribution in [0.15, 0.2) is 0 Å². The lowest BCUT2D eigenvalue weighted by Crippen LogP contribution is -2.40. The van der Waals surface area contributed by atoms with Crippen molar-refractivity contribution in [2.75, 3.05) is 13.1 Å². The second-order valence-electron chi connectivity index (χ2n) is 12.2. The van der Waals surface area contributed by atoms with E-state index in [2.05, 4.69) is 16.0 Å². The molecule has 2 aliphatic heterocycles. The highest BCUT2D eigenvalue weighted by molar-refractivity contribution is 9.14. The molecule has 1 atom stereocenters. The largest absolute Gasteiger partial charge is 0.481 e. The van der Waals surface area contributed by atoms with Crippen molar-refractivity contribution in [3.63, 3.8) is 0 Å². The molecule has 0 aromatic heterocycles. The Labute approximate surface area is 310 Å². The first-order valence-corrected chi connectivity index (χ1v) is 24.1. The minimum Gasteiger partial charge on any atom is -0.481 e. The minimum absolute atomic E-state index is 0.117. The summed E-state index contributed by atoms with van der Waals surface area (Å²) in [4.78, 5) is 58.6. The zero-order valence-corrected chi connectivity index (χ0v) is 32.9. The van der Waals surface area contributed by atoms with Gasteiger partial charge in [0, 0.05) is 38.8 Å². The number of unbranched alkanes of at least 4 members (excludes halogenated alkanes) is 13. The zero-order chi connectivity index (χ0) is 34.9. The number of carboxylic acids is 2. The van der Waals surface area contributed by atoms with Crippen molar-refractivity contribution < 1.29 is 34.2 Å². The van der Waals surface area contributed by atoms with Gasteiger partial charge in [-0.1, -0.05) is 107 Å². The smallest absolute Gasteiger partial charge is 0.326 e. The molecule has 3 amide bonds. The molecule has 1 spiro atoms. The number of hydrogen-bond donors (Lipinski definition) is 5. The number of carbonyl (C=O) groups excluding carboxylic acids is 3. The van der Waals surface area contributed by atoms with E-state index in [1.165, 1.54) is 32.1 Å². The highest BCUT2D eigenvalue weighted by Crippen LogP contribution is 2.84. The van der Waals surface area contributed by atoms with Gasteiger partial charge in [0.2, 0.25) is 17.7 Å². The van der Waals surface area contributed by atoms with Crippen LogP contribution in [0.25, 0.3) is 0 Å². The van der Waals surface area contributed by atoms with Gasteiger partial charge < -0.3 is 26.2 Å². The lowest BCUT2D eigenvalue weighted by Gasteiger charge is -2.23. The molecular weight excluding hydrogens is 731 g/mol. The zero-order valence-electron chi connectivity index (χ0n) is 28.0. The molecule has 16 heteroatoms. The molecular formula is C32H55N3O7S6. The normalized spacial score (nSPS) is 15.9. The molecule has 48 heavy (non-hydrogen) atoms. The van der Waals surface area contributed by atoms with Crippen LogP contribution in [0.5, 0.6) is 0 Å². The summed E-state index contributed by atoms with van der Waals surface area (Å²) < 4.78 is 0.937. The Morgan fingerprint density at radius 3 is 1.50 bits per heavy atom. The Balaban J connectivity index is 1.36. The van der Waals surface area contributed by atoms with Gasteiger partial charge in [0.15, 0.2) is 2.74 Å². The van der Waals surface area contributed by atoms with Crippen molar-refractivity contribution in [3.05, 3.63) is 0 Å². The molecule has 2 rings (SSSR count). The van der Waals surface area contributed by atoms with Crippen LogP contribution in [0, 0.1) is 0 Å². The van der Waals surface area contributed by atoms with E-state index in [1.807, 2.05) is 64.8 Å². The van der Waals surface area contributed by atoms with Gasteiger partial charge in [-0.2, -0.15) is 0 Å². The fraction of sp³-hybridized carbons (Fsp3) is 0.844. The van der Waals surface area contributed by atoms with Gasteiger partial charge in [0.25, 0.3) is 0 Å². The van der Waals surface area contributed by atoms with Crippen molar-refractivity contribution in [1.29, 1.82) is 0 Å². The minimum atomic E-state index is -1.05. The molecule has 0 radical (unpaired) electrons. The van der Waals surface area contributed by atoms with Gasteiger partial charge in [-0.05, 0) is 73.0 Å². The van der Waals surface area contributed by atoms with E-state index in [4.69, 9.17) is 5.11 Å². The third-order valence-electron chi connectivity index (χ3n) is 7.92. The number of carbonyl (C=O) groups is 5. The molecule has 0 bridgehead atoms. The fourth-order valence-corrected chi connectivity index (χ4v) is 18.5. The highest BCUT2D eigenvalue weighted by Gasteiger charge is 2.52. The van der Waals surface area contributed by atoms with Crippen molar-refractivity contribution in [3.8, 4) is 0 Å². The Hall–Kier alpha value is -0.550. The fourth-order valence-electron chi connectivity index (χ4n) is 5.06. The van der Waals surface area contributed by atoms with Crippen LogP contribution in [0.1, 0.15) is 141 Å². The summed E-state index contributed by atoms with van der Waals surface area (Å²) in [5, 5.41) is 26.5. The SMILES string of the molecule is O=C(O)CCCCCCCCCCCCCCC(=O)NC(CCCCNC(=O)CCC(=O)NCCCCC1SSC2(SS1)SS2)C(=O)O. The van der Waals surface area contributed by atoms with E-state index in [0.29, 0.717) is 46.1 Å². The number of carboxylic acid groups (broad SMARTS) is 2. The van der Waals surface area contributed by atoms with Crippen molar-refractivity contribution in [1.82, 2.24) is 16.0 Å². The van der Waals surface area contributed by atoms with Gasteiger partial charge >= 0.3 is 11.9 Å². The molecule has 0 saturated carbocycles. The summed E-state index contributed by atoms with van der Waals surface area (Å²) in [7, 11) is 11.7. The van der Waals surface area contributed by atoms with Crippen molar-refractivity contribution in [2.45, 2.75) is 155 Å². The molecule has 0 aliphatic carbocycles. The van der Waals surface area contributed by atoms with E-state index in [0.717, 1.165) is 64.2 Å². The first kappa shape index (κ1) is 43.6. The standard InChI is InChI=1S/C32H55N3O7S6/c36-26(21-22-27(37)34-24-16-14-20-30-43-45-32(46-44-30)47-48-32)33-23-15-13-17-25(31(41)42)35-28(38)18-11-9-7-5-3-1-2-4-6-8-10-12-19-29(39)40/h25,30H,1-24H2,(H,33,36)(H,34,37)(H,35,38)(H,39,40)(H,41,42). The molecule has 5 N–H and O–H groups in total. The monoisotopic (exact) mass is 785 g/mol. The maximum absolute atomic E-state index is 12.3. The number of nitrogens with one attached hydrogen (secondary N) is 3. The molecule has 2 fully saturated rings. The van der Waals surface area contributed by atoms with Gasteiger partial charge in [-0.15, -0.1) is 0 Å². The summed E-state index contributed by atoms with van der Waals surface area (Å²) in [6.45, 7) is 1.03. The Morgan fingerprint density at radius 1 is 0.542 bits per heavy atom.